The zero-order valence-electron chi connectivity index (χ0n) is 21.3. The van der Waals surface area contributed by atoms with Crippen LogP contribution in [0, 0.1) is 0 Å². The lowest BCUT2D eigenvalue weighted by Gasteiger charge is -2.29. The Kier molecular flexibility index (Phi) is 7.37. The largest absolute Gasteiger partial charge is 0.489 e. The van der Waals surface area contributed by atoms with Gasteiger partial charge in [0.25, 0.3) is 5.91 Å². The number of fused-ring (bicyclic) bond motifs is 1. The highest BCUT2D eigenvalue weighted by Gasteiger charge is 2.18. The Morgan fingerprint density at radius 3 is 2.73 bits per heavy atom. The highest BCUT2D eigenvalue weighted by molar-refractivity contribution is 5.97. The van der Waals surface area contributed by atoms with Crippen LogP contribution < -0.4 is 15.8 Å². The summed E-state index contributed by atoms with van der Waals surface area (Å²) in [6, 6.07) is 16.9. The summed E-state index contributed by atoms with van der Waals surface area (Å²) in [5, 5.41) is 2.87. The quantitative estimate of drug-likeness (QED) is 0.388. The first kappa shape index (κ1) is 24.8. The van der Waals surface area contributed by atoms with Gasteiger partial charge < -0.3 is 19.4 Å². The molecule has 37 heavy (non-hydrogen) atoms. The second-order valence-corrected chi connectivity index (χ2v) is 9.59. The van der Waals surface area contributed by atoms with Gasteiger partial charge in [0.1, 0.15) is 11.9 Å². The van der Waals surface area contributed by atoms with Crippen LogP contribution in [0.1, 0.15) is 42.1 Å². The highest BCUT2D eigenvalue weighted by atomic mass is 16.5. The number of hydrogen-bond donors (Lipinski definition) is 1. The van der Waals surface area contributed by atoms with Gasteiger partial charge in [0.15, 0.2) is 5.58 Å². The maximum absolute atomic E-state index is 12.6. The van der Waals surface area contributed by atoms with Crippen molar-refractivity contribution in [2.45, 2.75) is 38.8 Å². The molecule has 0 bridgehead atoms. The maximum Gasteiger partial charge on any atom is 0.420 e. The number of nitrogens with one attached hydrogen (secondary N) is 1. The number of hydrogen-bond acceptors (Lipinski definition) is 6. The predicted molar refractivity (Wildman–Crippen MR) is 143 cm³/mol. The molecule has 0 radical (unpaired) electrons. The van der Waals surface area contributed by atoms with Gasteiger partial charge >= 0.3 is 5.76 Å². The molecule has 4 aromatic rings. The van der Waals surface area contributed by atoms with E-state index in [0.29, 0.717) is 29.8 Å². The van der Waals surface area contributed by atoms with Gasteiger partial charge in [-0.15, -0.1) is 0 Å². The second kappa shape index (κ2) is 11.0. The number of oxazole rings is 1. The van der Waals surface area contributed by atoms with Gasteiger partial charge in [-0.05, 0) is 68.3 Å². The number of aromatic nitrogens is 2. The zero-order chi connectivity index (χ0) is 25.8. The fraction of sp³-hybridized carbons (Fsp3) is 0.345. The highest BCUT2D eigenvalue weighted by Crippen LogP contribution is 2.24. The summed E-state index contributed by atoms with van der Waals surface area (Å²) in [5.41, 5.74) is 4.25. The number of amides is 1. The first-order chi connectivity index (χ1) is 18.0. The molecule has 2 aromatic carbocycles. The minimum Gasteiger partial charge on any atom is -0.489 e. The molecule has 1 fully saturated rings. The monoisotopic (exact) mass is 500 g/mol. The standard InChI is InChI=1S/C29H32N4O4/c1-3-13-30-28(34)22-7-10-27-26(17-22)33(29(35)37-27)19-20-5-4-6-21(16-20)25-9-8-24(18-31-25)36-23-11-14-32(2)15-12-23/h4-10,16-18,23H,3,11-15,19H2,1-2H3,(H,30,34). The molecule has 1 aliphatic heterocycles. The van der Waals surface area contributed by atoms with Gasteiger partial charge in [0.05, 0.1) is 24.0 Å². The molecule has 1 saturated heterocycles. The van der Waals surface area contributed by atoms with Crippen LogP contribution in [0.3, 0.4) is 0 Å². The van der Waals surface area contributed by atoms with E-state index in [0.717, 1.165) is 54.9 Å². The Bertz CT molecular complexity index is 1430. The molecule has 0 aliphatic carbocycles. The van der Waals surface area contributed by atoms with E-state index in [1.54, 1.807) is 29.0 Å². The predicted octanol–water partition coefficient (Wildman–Crippen LogP) is 4.32. The summed E-state index contributed by atoms with van der Waals surface area (Å²) >= 11 is 0. The van der Waals surface area contributed by atoms with Crippen molar-refractivity contribution < 1.29 is 13.9 Å². The van der Waals surface area contributed by atoms with Gasteiger partial charge in [-0.1, -0.05) is 25.1 Å². The average Bonchev–Trinajstić information content (AvgIpc) is 3.23. The number of carbonyl (C=O) groups excluding carboxylic acids is 1. The van der Waals surface area contributed by atoms with E-state index in [1.165, 1.54) is 0 Å². The number of likely N-dealkylation sites (tertiary alicyclic amines) is 1. The number of nitrogens with zero attached hydrogens (tertiary/aromatic N) is 3. The Morgan fingerprint density at radius 1 is 1.14 bits per heavy atom. The van der Waals surface area contributed by atoms with Crippen LogP contribution in [0.4, 0.5) is 0 Å². The van der Waals surface area contributed by atoms with Crippen LogP contribution in [0.15, 0.2) is 70.0 Å². The fourth-order valence-corrected chi connectivity index (χ4v) is 4.62. The molecular formula is C29H32N4O4. The van der Waals surface area contributed by atoms with Crippen molar-refractivity contribution >= 4 is 17.0 Å². The Morgan fingerprint density at radius 2 is 1.97 bits per heavy atom. The smallest absolute Gasteiger partial charge is 0.420 e. The van der Waals surface area contributed by atoms with Gasteiger partial charge in [0.2, 0.25) is 0 Å². The molecule has 1 aliphatic rings. The Hall–Kier alpha value is -3.91. The molecule has 1 amide bonds. The van der Waals surface area contributed by atoms with Gasteiger partial charge in [-0.25, -0.2) is 4.79 Å². The molecule has 0 atom stereocenters. The molecule has 8 heteroatoms. The molecule has 2 aromatic heterocycles. The fourth-order valence-electron chi connectivity index (χ4n) is 4.62. The van der Waals surface area contributed by atoms with E-state index in [2.05, 4.69) is 22.2 Å². The molecule has 3 heterocycles. The Balaban J connectivity index is 1.33. The van der Waals surface area contributed by atoms with E-state index in [-0.39, 0.29) is 12.0 Å². The molecule has 0 unspecified atom stereocenters. The summed E-state index contributed by atoms with van der Waals surface area (Å²) in [6.45, 7) is 5.01. The van der Waals surface area contributed by atoms with Crippen LogP contribution in [-0.2, 0) is 6.54 Å². The van der Waals surface area contributed by atoms with Crippen molar-refractivity contribution in [2.75, 3.05) is 26.7 Å². The number of carbonyl (C=O) groups is 1. The molecular weight excluding hydrogens is 468 g/mol. The van der Waals surface area contributed by atoms with Crippen molar-refractivity contribution in [1.82, 2.24) is 19.8 Å². The van der Waals surface area contributed by atoms with Crippen molar-refractivity contribution in [2.24, 2.45) is 0 Å². The molecule has 1 N–H and O–H groups in total. The van der Waals surface area contributed by atoms with E-state index in [1.807, 2.05) is 43.3 Å². The molecule has 192 valence electrons. The first-order valence-electron chi connectivity index (χ1n) is 12.8. The van der Waals surface area contributed by atoms with E-state index in [4.69, 9.17) is 9.15 Å². The van der Waals surface area contributed by atoms with E-state index >= 15 is 0 Å². The Labute approximate surface area is 215 Å². The summed E-state index contributed by atoms with van der Waals surface area (Å²) < 4.78 is 13.1. The van der Waals surface area contributed by atoms with Crippen molar-refractivity contribution in [3.05, 3.63) is 82.5 Å². The summed E-state index contributed by atoms with van der Waals surface area (Å²) in [4.78, 5) is 32.0. The van der Waals surface area contributed by atoms with Crippen molar-refractivity contribution in [3.63, 3.8) is 0 Å². The van der Waals surface area contributed by atoms with Gasteiger partial charge in [-0.3, -0.25) is 14.3 Å². The van der Waals surface area contributed by atoms with Gasteiger partial charge in [0, 0.05) is 30.8 Å². The number of ether oxygens (including phenoxy) is 1. The third kappa shape index (κ3) is 5.75. The topological polar surface area (TPSA) is 89.6 Å². The lowest BCUT2D eigenvalue weighted by molar-refractivity contribution is 0.0953. The third-order valence-corrected chi connectivity index (χ3v) is 6.73. The van der Waals surface area contributed by atoms with Crippen LogP contribution >= 0.6 is 0 Å². The number of benzene rings is 2. The van der Waals surface area contributed by atoms with Crippen LogP contribution in [0.25, 0.3) is 22.4 Å². The van der Waals surface area contributed by atoms with E-state index in [9.17, 15) is 9.59 Å². The van der Waals surface area contributed by atoms with Gasteiger partial charge in [-0.2, -0.15) is 0 Å². The number of pyridine rings is 1. The lowest BCUT2D eigenvalue weighted by atomic mass is 10.1. The summed E-state index contributed by atoms with van der Waals surface area (Å²) in [7, 11) is 2.14. The third-order valence-electron chi connectivity index (χ3n) is 6.73. The summed E-state index contributed by atoms with van der Waals surface area (Å²) in [5.74, 6) is 0.157. The second-order valence-electron chi connectivity index (χ2n) is 9.59. The minimum atomic E-state index is -0.458. The minimum absolute atomic E-state index is 0.166. The van der Waals surface area contributed by atoms with Crippen molar-refractivity contribution in [3.8, 4) is 17.0 Å². The molecule has 0 saturated carbocycles. The average molecular weight is 501 g/mol. The van der Waals surface area contributed by atoms with Crippen LogP contribution in [-0.4, -0.2) is 53.1 Å². The lowest BCUT2D eigenvalue weighted by Crippen LogP contribution is -2.35. The maximum atomic E-state index is 12.6. The van der Waals surface area contributed by atoms with E-state index < -0.39 is 5.76 Å². The molecule has 0 spiro atoms. The SMILES string of the molecule is CCCNC(=O)c1ccc2oc(=O)n(Cc3cccc(-c4ccc(OC5CCN(C)CC5)cn4)c3)c2c1. The number of rotatable bonds is 8. The summed E-state index contributed by atoms with van der Waals surface area (Å²) in [6.07, 6.45) is 4.90. The van der Waals surface area contributed by atoms with Crippen LogP contribution in [0.2, 0.25) is 0 Å². The molecule has 8 nitrogen and oxygen atoms in total. The molecule has 5 rings (SSSR count). The number of piperidine rings is 1. The van der Waals surface area contributed by atoms with Crippen LogP contribution in [0.5, 0.6) is 5.75 Å². The van der Waals surface area contributed by atoms with Crippen molar-refractivity contribution in [1.29, 1.82) is 0 Å². The zero-order valence-corrected chi connectivity index (χ0v) is 21.3. The first-order valence-corrected chi connectivity index (χ1v) is 12.8. The normalized spacial score (nSPS) is 14.6.